The van der Waals surface area contributed by atoms with Crippen LogP contribution < -0.4 is 19.1 Å². The third-order valence-corrected chi connectivity index (χ3v) is 8.33. The van der Waals surface area contributed by atoms with Crippen LogP contribution in [-0.2, 0) is 26.2 Å². The molecule has 0 fully saturated rings. The van der Waals surface area contributed by atoms with E-state index in [-0.39, 0.29) is 35.2 Å². The van der Waals surface area contributed by atoms with Crippen LogP contribution in [0.4, 0.5) is 10.1 Å². The van der Waals surface area contributed by atoms with Crippen molar-refractivity contribution in [2.75, 3.05) is 31.6 Å². The maximum absolute atomic E-state index is 14.0. The minimum absolute atomic E-state index is 0.00784. The molecule has 0 aliphatic rings. The van der Waals surface area contributed by atoms with E-state index in [9.17, 15) is 22.4 Å². The highest BCUT2D eigenvalue weighted by molar-refractivity contribution is 7.92. The van der Waals surface area contributed by atoms with Gasteiger partial charge in [0.25, 0.3) is 10.0 Å². The normalized spacial score (nSPS) is 11.9. The van der Waals surface area contributed by atoms with Gasteiger partial charge in [0, 0.05) is 19.2 Å². The van der Waals surface area contributed by atoms with E-state index in [2.05, 4.69) is 5.32 Å². The molecule has 0 radical (unpaired) electrons. The molecule has 0 spiro atoms. The summed E-state index contributed by atoms with van der Waals surface area (Å²) in [4.78, 5) is 28.3. The van der Waals surface area contributed by atoms with Gasteiger partial charge in [-0.15, -0.1) is 0 Å². The summed E-state index contributed by atoms with van der Waals surface area (Å²) < 4.78 is 53.3. The molecule has 1 N–H and O–H groups in total. The lowest BCUT2D eigenvalue weighted by molar-refractivity contribution is -0.140. The number of hydrogen-bond donors (Lipinski definition) is 1. The van der Waals surface area contributed by atoms with Crippen molar-refractivity contribution in [2.45, 2.75) is 44.7 Å². The van der Waals surface area contributed by atoms with Crippen LogP contribution in [0, 0.1) is 12.7 Å². The Morgan fingerprint density at radius 1 is 0.927 bits per heavy atom. The number of carbonyl (C=O) groups is 2. The van der Waals surface area contributed by atoms with Gasteiger partial charge in [0.15, 0.2) is 11.5 Å². The molecule has 3 aromatic carbocycles. The monoisotopic (exact) mass is 585 g/mol. The summed E-state index contributed by atoms with van der Waals surface area (Å²) >= 11 is 0. The van der Waals surface area contributed by atoms with Crippen LogP contribution in [0.3, 0.4) is 0 Å². The maximum Gasteiger partial charge on any atom is 0.264 e. The summed E-state index contributed by atoms with van der Waals surface area (Å²) in [7, 11) is -1.36. The number of halogens is 1. The van der Waals surface area contributed by atoms with Gasteiger partial charge in [-0.25, -0.2) is 12.8 Å². The number of rotatable bonds is 13. The standard InChI is InChI=1S/C30H36FN3O6S/c1-6-26(30(36)32-7-2)33(19-22-10-12-23(31)13-11-22)29(35)20-34(24-14-17-27(39-4)28(18-24)40-5)41(37,38)25-15-8-21(3)9-16-25/h8-18,26H,6-7,19-20H2,1-5H3,(H,32,36). The van der Waals surface area contributed by atoms with Gasteiger partial charge in [-0.3, -0.25) is 13.9 Å². The van der Waals surface area contributed by atoms with Crippen molar-refractivity contribution in [2.24, 2.45) is 0 Å². The molecule has 0 bridgehead atoms. The highest BCUT2D eigenvalue weighted by Crippen LogP contribution is 2.34. The Kier molecular flexibility index (Phi) is 10.7. The van der Waals surface area contributed by atoms with E-state index in [1.807, 2.05) is 6.92 Å². The largest absolute Gasteiger partial charge is 0.493 e. The van der Waals surface area contributed by atoms with Gasteiger partial charge in [-0.05, 0) is 62.2 Å². The average Bonchev–Trinajstić information content (AvgIpc) is 2.96. The molecular weight excluding hydrogens is 549 g/mol. The fourth-order valence-corrected chi connectivity index (χ4v) is 5.75. The number of nitrogens with zero attached hydrogens (tertiary/aromatic N) is 2. The Morgan fingerprint density at radius 3 is 2.12 bits per heavy atom. The second-order valence-corrected chi connectivity index (χ2v) is 11.2. The van der Waals surface area contributed by atoms with E-state index in [0.717, 1.165) is 9.87 Å². The molecule has 0 saturated heterocycles. The van der Waals surface area contributed by atoms with E-state index < -0.39 is 34.3 Å². The number of nitrogens with one attached hydrogen (secondary N) is 1. The Balaban J connectivity index is 2.11. The van der Waals surface area contributed by atoms with Gasteiger partial charge in [0.2, 0.25) is 11.8 Å². The highest BCUT2D eigenvalue weighted by Gasteiger charge is 2.34. The van der Waals surface area contributed by atoms with E-state index in [1.165, 1.54) is 67.7 Å². The van der Waals surface area contributed by atoms with Crippen molar-refractivity contribution < 1.29 is 31.9 Å². The third kappa shape index (κ3) is 7.55. The number of ether oxygens (including phenoxy) is 2. The first-order valence-corrected chi connectivity index (χ1v) is 14.6. The second kappa shape index (κ2) is 14.0. The maximum atomic E-state index is 14.0. The highest BCUT2D eigenvalue weighted by atomic mass is 32.2. The number of anilines is 1. The van der Waals surface area contributed by atoms with Crippen molar-refractivity contribution in [1.29, 1.82) is 0 Å². The van der Waals surface area contributed by atoms with Crippen LogP contribution in [0.25, 0.3) is 0 Å². The molecule has 0 saturated carbocycles. The third-order valence-electron chi connectivity index (χ3n) is 6.55. The molecule has 2 amide bonds. The van der Waals surface area contributed by atoms with Gasteiger partial charge in [0.05, 0.1) is 24.8 Å². The van der Waals surface area contributed by atoms with Crippen molar-refractivity contribution in [3.63, 3.8) is 0 Å². The summed E-state index contributed by atoms with van der Waals surface area (Å²) in [5, 5.41) is 2.75. The van der Waals surface area contributed by atoms with E-state index in [0.29, 0.717) is 17.9 Å². The van der Waals surface area contributed by atoms with Gasteiger partial charge in [-0.2, -0.15) is 0 Å². The van der Waals surface area contributed by atoms with E-state index in [1.54, 1.807) is 32.0 Å². The minimum Gasteiger partial charge on any atom is -0.493 e. The smallest absolute Gasteiger partial charge is 0.264 e. The Morgan fingerprint density at radius 2 is 1.56 bits per heavy atom. The van der Waals surface area contributed by atoms with Crippen LogP contribution in [0.2, 0.25) is 0 Å². The summed E-state index contributed by atoms with van der Waals surface area (Å²) in [5.41, 5.74) is 1.63. The lowest BCUT2D eigenvalue weighted by Crippen LogP contribution is -2.52. The number of benzene rings is 3. The number of aryl methyl sites for hydroxylation is 1. The second-order valence-electron chi connectivity index (χ2n) is 9.33. The Labute approximate surface area is 240 Å². The predicted molar refractivity (Wildman–Crippen MR) is 155 cm³/mol. The Hall–Kier alpha value is -4.12. The van der Waals surface area contributed by atoms with Gasteiger partial charge < -0.3 is 19.7 Å². The zero-order chi connectivity index (χ0) is 30.2. The molecule has 3 aromatic rings. The number of amides is 2. The molecule has 0 aromatic heterocycles. The van der Waals surface area contributed by atoms with Gasteiger partial charge in [0.1, 0.15) is 18.4 Å². The van der Waals surface area contributed by atoms with Crippen molar-refractivity contribution in [3.8, 4) is 11.5 Å². The number of carbonyl (C=O) groups excluding carboxylic acids is 2. The summed E-state index contributed by atoms with van der Waals surface area (Å²) in [6, 6.07) is 15.5. The molecule has 1 unspecified atom stereocenters. The van der Waals surface area contributed by atoms with Gasteiger partial charge >= 0.3 is 0 Å². The zero-order valence-corrected chi connectivity index (χ0v) is 24.7. The fraction of sp³-hybridized carbons (Fsp3) is 0.333. The number of hydrogen-bond acceptors (Lipinski definition) is 6. The summed E-state index contributed by atoms with van der Waals surface area (Å²) in [5.74, 6) is -0.761. The topological polar surface area (TPSA) is 105 Å². The summed E-state index contributed by atoms with van der Waals surface area (Å²) in [6.07, 6.45) is 0.278. The summed E-state index contributed by atoms with van der Waals surface area (Å²) in [6.45, 7) is 5.09. The van der Waals surface area contributed by atoms with Crippen LogP contribution in [0.15, 0.2) is 71.6 Å². The first-order chi connectivity index (χ1) is 19.5. The van der Waals surface area contributed by atoms with Crippen LogP contribution >= 0.6 is 0 Å². The molecule has 9 nitrogen and oxygen atoms in total. The molecule has 41 heavy (non-hydrogen) atoms. The van der Waals surface area contributed by atoms with Gasteiger partial charge in [-0.1, -0.05) is 36.8 Å². The quantitative estimate of drug-likeness (QED) is 0.321. The number of sulfonamides is 1. The molecule has 11 heteroatoms. The molecular formula is C30H36FN3O6S. The van der Waals surface area contributed by atoms with Crippen LogP contribution in [-0.4, -0.2) is 58.5 Å². The molecule has 1 atom stereocenters. The van der Waals surface area contributed by atoms with Crippen molar-refractivity contribution >= 4 is 27.5 Å². The molecule has 0 heterocycles. The average molecular weight is 586 g/mol. The predicted octanol–water partition coefficient (Wildman–Crippen LogP) is 4.29. The lowest BCUT2D eigenvalue weighted by Gasteiger charge is -2.33. The molecule has 0 aliphatic carbocycles. The van der Waals surface area contributed by atoms with Crippen molar-refractivity contribution in [3.05, 3.63) is 83.7 Å². The number of methoxy groups -OCH3 is 2. The minimum atomic E-state index is -4.25. The first-order valence-electron chi connectivity index (χ1n) is 13.2. The van der Waals surface area contributed by atoms with Crippen LogP contribution in [0.1, 0.15) is 31.4 Å². The number of likely N-dealkylation sites (N-methyl/N-ethyl adjacent to an activating group) is 1. The fourth-order valence-electron chi connectivity index (χ4n) is 4.34. The SMILES string of the molecule is CCNC(=O)C(CC)N(Cc1ccc(F)cc1)C(=O)CN(c1ccc(OC)c(OC)c1)S(=O)(=O)c1ccc(C)cc1. The Bertz CT molecular complexity index is 1450. The van der Waals surface area contributed by atoms with E-state index in [4.69, 9.17) is 9.47 Å². The lowest BCUT2D eigenvalue weighted by atomic mass is 10.1. The molecule has 220 valence electrons. The molecule has 0 aliphatic heterocycles. The zero-order valence-electron chi connectivity index (χ0n) is 23.9. The van der Waals surface area contributed by atoms with Crippen molar-refractivity contribution in [1.82, 2.24) is 10.2 Å². The van der Waals surface area contributed by atoms with E-state index >= 15 is 0 Å². The first kappa shape index (κ1) is 31.4. The molecule has 3 rings (SSSR count). The van der Waals surface area contributed by atoms with Crippen LogP contribution in [0.5, 0.6) is 11.5 Å².